The highest BCUT2D eigenvalue weighted by Gasteiger charge is 2.33. The van der Waals surface area contributed by atoms with E-state index in [0.29, 0.717) is 18.1 Å². The number of hydrogen-bond acceptors (Lipinski definition) is 3. The van der Waals surface area contributed by atoms with Gasteiger partial charge in [-0.3, -0.25) is 0 Å². The number of rotatable bonds is 4. The Bertz CT molecular complexity index is 550. The second-order valence-corrected chi connectivity index (χ2v) is 6.17. The summed E-state index contributed by atoms with van der Waals surface area (Å²) in [5.74, 6) is 0.577. The summed E-state index contributed by atoms with van der Waals surface area (Å²) in [6.07, 6.45) is 1.50. The van der Waals surface area contributed by atoms with Crippen LogP contribution in [0, 0.1) is 5.92 Å². The lowest BCUT2D eigenvalue weighted by Crippen LogP contribution is -2.31. The van der Waals surface area contributed by atoms with Crippen molar-refractivity contribution in [3.63, 3.8) is 0 Å². The van der Waals surface area contributed by atoms with Crippen LogP contribution in [0.5, 0.6) is 0 Å². The van der Waals surface area contributed by atoms with Crippen LogP contribution in [0.2, 0.25) is 0 Å². The Morgan fingerprint density at radius 2 is 2.32 bits per heavy atom. The van der Waals surface area contributed by atoms with E-state index in [2.05, 4.69) is 48.8 Å². The van der Waals surface area contributed by atoms with Gasteiger partial charge in [-0.05, 0) is 42.3 Å². The van der Waals surface area contributed by atoms with Crippen LogP contribution >= 0.6 is 11.3 Å². The minimum Gasteiger partial charge on any atom is -0.378 e. The minimum absolute atomic E-state index is 0.347. The Hall–Kier alpha value is -0.900. The van der Waals surface area contributed by atoms with Gasteiger partial charge in [-0.1, -0.05) is 25.1 Å². The zero-order chi connectivity index (χ0) is 13.2. The molecule has 3 atom stereocenters. The number of benzene rings is 1. The van der Waals surface area contributed by atoms with E-state index in [1.807, 2.05) is 11.3 Å². The predicted molar refractivity (Wildman–Crippen MR) is 81.8 cm³/mol. The van der Waals surface area contributed by atoms with Crippen LogP contribution in [0.1, 0.15) is 31.9 Å². The third-order valence-corrected chi connectivity index (χ3v) is 5.11. The second-order valence-electron chi connectivity index (χ2n) is 5.25. The topological polar surface area (TPSA) is 21.3 Å². The van der Waals surface area contributed by atoms with Gasteiger partial charge in [-0.2, -0.15) is 0 Å². The van der Waals surface area contributed by atoms with Crippen LogP contribution in [0.15, 0.2) is 29.6 Å². The lowest BCUT2D eigenvalue weighted by atomic mass is 9.88. The molecule has 1 aliphatic heterocycles. The van der Waals surface area contributed by atoms with Crippen LogP contribution in [0.25, 0.3) is 10.1 Å². The number of hydrogen-bond donors (Lipinski definition) is 1. The molecule has 19 heavy (non-hydrogen) atoms. The van der Waals surface area contributed by atoms with Gasteiger partial charge < -0.3 is 10.1 Å². The van der Waals surface area contributed by atoms with E-state index in [-0.39, 0.29) is 0 Å². The van der Waals surface area contributed by atoms with Crippen molar-refractivity contribution in [3.05, 3.63) is 35.2 Å². The molecule has 1 aliphatic rings. The van der Waals surface area contributed by atoms with E-state index >= 15 is 0 Å². The summed E-state index contributed by atoms with van der Waals surface area (Å²) in [5, 5.41) is 7.22. The Balaban J connectivity index is 2.01. The molecule has 0 amide bonds. The summed E-state index contributed by atoms with van der Waals surface area (Å²) in [6, 6.07) is 9.27. The first-order valence-corrected chi connectivity index (χ1v) is 8.00. The standard InChI is InChI=1S/C16H21NOS/c1-3-17-15(13-7-9-18-11(13)2)14-6-4-5-12-8-10-19-16(12)14/h4-6,8,10-11,13,15,17H,3,7,9H2,1-2H3. The van der Waals surface area contributed by atoms with Gasteiger partial charge in [0.2, 0.25) is 0 Å². The predicted octanol–water partition coefficient (Wildman–Crippen LogP) is 3.98. The highest BCUT2D eigenvalue weighted by Crippen LogP contribution is 2.37. The van der Waals surface area contributed by atoms with Crippen molar-refractivity contribution in [1.29, 1.82) is 0 Å². The van der Waals surface area contributed by atoms with Crippen LogP contribution in [0.3, 0.4) is 0 Å². The van der Waals surface area contributed by atoms with Crippen molar-refractivity contribution in [3.8, 4) is 0 Å². The van der Waals surface area contributed by atoms with Crippen molar-refractivity contribution < 1.29 is 4.74 Å². The third kappa shape index (κ3) is 2.42. The molecule has 102 valence electrons. The van der Waals surface area contributed by atoms with Gasteiger partial charge in [-0.25, -0.2) is 0 Å². The van der Waals surface area contributed by atoms with Gasteiger partial charge in [0.25, 0.3) is 0 Å². The van der Waals surface area contributed by atoms with Crippen LogP contribution < -0.4 is 5.32 Å². The molecule has 1 fully saturated rings. The van der Waals surface area contributed by atoms with E-state index in [4.69, 9.17) is 4.74 Å². The molecule has 0 aliphatic carbocycles. The van der Waals surface area contributed by atoms with Gasteiger partial charge >= 0.3 is 0 Å². The van der Waals surface area contributed by atoms with Gasteiger partial charge in [-0.15, -0.1) is 11.3 Å². The zero-order valence-electron chi connectivity index (χ0n) is 11.6. The van der Waals surface area contributed by atoms with Crippen molar-refractivity contribution >= 4 is 21.4 Å². The van der Waals surface area contributed by atoms with E-state index in [1.54, 1.807) is 0 Å². The molecule has 1 saturated heterocycles. The highest BCUT2D eigenvalue weighted by atomic mass is 32.1. The smallest absolute Gasteiger partial charge is 0.0594 e. The fourth-order valence-corrected chi connectivity index (χ4v) is 4.11. The van der Waals surface area contributed by atoms with E-state index in [1.165, 1.54) is 15.6 Å². The lowest BCUT2D eigenvalue weighted by Gasteiger charge is -2.27. The summed E-state index contributed by atoms with van der Waals surface area (Å²) < 4.78 is 7.19. The van der Waals surface area contributed by atoms with E-state index in [0.717, 1.165) is 19.6 Å². The Morgan fingerprint density at radius 1 is 1.42 bits per heavy atom. The number of ether oxygens (including phenoxy) is 1. The van der Waals surface area contributed by atoms with Crippen molar-refractivity contribution in [2.45, 2.75) is 32.4 Å². The Kier molecular flexibility index (Phi) is 3.87. The van der Waals surface area contributed by atoms with Crippen LogP contribution in [-0.2, 0) is 4.74 Å². The summed E-state index contributed by atoms with van der Waals surface area (Å²) in [4.78, 5) is 0. The average Bonchev–Trinajstić information content (AvgIpc) is 3.04. The molecule has 2 heterocycles. The van der Waals surface area contributed by atoms with Gasteiger partial charge in [0.1, 0.15) is 0 Å². The SMILES string of the molecule is CCNC(c1cccc2ccsc12)C1CCOC1C. The first-order valence-electron chi connectivity index (χ1n) is 7.12. The maximum Gasteiger partial charge on any atom is 0.0594 e. The number of fused-ring (bicyclic) bond motifs is 1. The Labute approximate surface area is 118 Å². The molecule has 0 radical (unpaired) electrons. The molecule has 1 aromatic heterocycles. The van der Waals surface area contributed by atoms with Gasteiger partial charge in [0.05, 0.1) is 6.10 Å². The first kappa shape index (κ1) is 13.1. The summed E-state index contributed by atoms with van der Waals surface area (Å²) in [5.41, 5.74) is 1.44. The molecular weight excluding hydrogens is 254 g/mol. The average molecular weight is 275 g/mol. The zero-order valence-corrected chi connectivity index (χ0v) is 12.4. The third-order valence-electron chi connectivity index (χ3n) is 4.13. The molecule has 0 saturated carbocycles. The normalized spacial score (nSPS) is 24.9. The fourth-order valence-electron chi connectivity index (χ4n) is 3.16. The molecule has 0 bridgehead atoms. The Morgan fingerprint density at radius 3 is 3.05 bits per heavy atom. The first-order chi connectivity index (χ1) is 9.31. The largest absolute Gasteiger partial charge is 0.378 e. The molecule has 2 aromatic rings. The maximum absolute atomic E-state index is 5.77. The minimum atomic E-state index is 0.347. The molecule has 3 heteroatoms. The molecule has 3 unspecified atom stereocenters. The summed E-state index contributed by atoms with van der Waals surface area (Å²) in [6.45, 7) is 6.28. The summed E-state index contributed by atoms with van der Waals surface area (Å²) in [7, 11) is 0. The highest BCUT2D eigenvalue weighted by molar-refractivity contribution is 7.17. The van der Waals surface area contributed by atoms with Crippen LogP contribution in [0.4, 0.5) is 0 Å². The van der Waals surface area contributed by atoms with Crippen LogP contribution in [-0.4, -0.2) is 19.3 Å². The monoisotopic (exact) mass is 275 g/mol. The lowest BCUT2D eigenvalue weighted by molar-refractivity contribution is 0.0957. The second kappa shape index (κ2) is 5.61. The number of nitrogens with one attached hydrogen (secondary N) is 1. The molecular formula is C16H21NOS. The van der Waals surface area contributed by atoms with Gasteiger partial charge in [0, 0.05) is 23.3 Å². The van der Waals surface area contributed by atoms with E-state index < -0.39 is 0 Å². The van der Waals surface area contributed by atoms with Crippen molar-refractivity contribution in [2.75, 3.05) is 13.2 Å². The molecule has 0 spiro atoms. The molecule has 1 aromatic carbocycles. The van der Waals surface area contributed by atoms with Gasteiger partial charge in [0.15, 0.2) is 0 Å². The molecule has 3 rings (SSSR count). The molecule has 2 nitrogen and oxygen atoms in total. The quantitative estimate of drug-likeness (QED) is 0.911. The summed E-state index contributed by atoms with van der Waals surface area (Å²) >= 11 is 1.85. The fraction of sp³-hybridized carbons (Fsp3) is 0.500. The maximum atomic E-state index is 5.77. The molecule has 1 N–H and O–H groups in total. The van der Waals surface area contributed by atoms with E-state index in [9.17, 15) is 0 Å². The van der Waals surface area contributed by atoms with Crippen molar-refractivity contribution in [1.82, 2.24) is 5.32 Å². The van der Waals surface area contributed by atoms with Crippen molar-refractivity contribution in [2.24, 2.45) is 5.92 Å². The number of thiophene rings is 1.